The van der Waals surface area contributed by atoms with Crippen molar-refractivity contribution in [1.82, 2.24) is 0 Å². The zero-order valence-electron chi connectivity index (χ0n) is 20.1. The van der Waals surface area contributed by atoms with Gasteiger partial charge in [-0.1, -0.05) is 60.7 Å². The van der Waals surface area contributed by atoms with Crippen molar-refractivity contribution in [3.05, 3.63) is 142 Å². The summed E-state index contributed by atoms with van der Waals surface area (Å²) in [4.78, 5) is 0. The van der Waals surface area contributed by atoms with E-state index in [1.807, 2.05) is 6.07 Å². The molecule has 7 rings (SSSR count). The van der Waals surface area contributed by atoms with Crippen molar-refractivity contribution in [2.45, 2.75) is 31.6 Å². The van der Waals surface area contributed by atoms with Crippen LogP contribution in [0.15, 0.2) is 108 Å². The largest absolute Gasteiger partial charge is 0.468 e. The summed E-state index contributed by atoms with van der Waals surface area (Å²) in [7, 11) is 0. The summed E-state index contributed by atoms with van der Waals surface area (Å²) in [5.41, 5.74) is 12.8. The number of benzene rings is 4. The SMILES string of the molecule is c1coc(C(c2ccc3c(c2)CCc2ccccc2N3)c2ccc3c(c2)CCc2ccccc2N3)c1. The van der Waals surface area contributed by atoms with Gasteiger partial charge in [0.15, 0.2) is 0 Å². The van der Waals surface area contributed by atoms with Gasteiger partial charge in [0.1, 0.15) is 5.76 Å². The minimum Gasteiger partial charge on any atom is -0.468 e. The van der Waals surface area contributed by atoms with Gasteiger partial charge in [0.2, 0.25) is 0 Å². The van der Waals surface area contributed by atoms with Gasteiger partial charge in [-0.15, -0.1) is 0 Å². The molecule has 0 amide bonds. The van der Waals surface area contributed by atoms with Crippen molar-refractivity contribution in [2.24, 2.45) is 0 Å². The molecule has 2 N–H and O–H groups in total. The second-order valence-electron chi connectivity index (χ2n) is 9.85. The van der Waals surface area contributed by atoms with Gasteiger partial charge in [-0.25, -0.2) is 0 Å². The molecular formula is C33H28N2O. The fraction of sp³-hybridized carbons (Fsp3) is 0.152. The van der Waals surface area contributed by atoms with Crippen LogP contribution >= 0.6 is 0 Å². The highest BCUT2D eigenvalue weighted by molar-refractivity contribution is 5.70. The summed E-state index contributed by atoms with van der Waals surface area (Å²) >= 11 is 0. The Morgan fingerprint density at radius 3 is 1.53 bits per heavy atom. The fourth-order valence-corrected chi connectivity index (χ4v) is 5.77. The molecule has 0 spiro atoms. The minimum absolute atomic E-state index is 0.0480. The molecule has 0 aliphatic carbocycles. The number of hydrogen-bond acceptors (Lipinski definition) is 3. The Morgan fingerprint density at radius 1 is 0.500 bits per heavy atom. The molecule has 3 heterocycles. The lowest BCUT2D eigenvalue weighted by molar-refractivity contribution is 0.503. The maximum Gasteiger partial charge on any atom is 0.115 e. The van der Waals surface area contributed by atoms with E-state index in [0.717, 1.165) is 31.4 Å². The second kappa shape index (κ2) is 8.76. The van der Waals surface area contributed by atoms with Crippen LogP contribution in [0.5, 0.6) is 0 Å². The predicted octanol–water partition coefficient (Wildman–Crippen LogP) is 8.14. The van der Waals surface area contributed by atoms with Crippen molar-refractivity contribution in [3.63, 3.8) is 0 Å². The Morgan fingerprint density at radius 2 is 1.00 bits per heavy atom. The number of aryl methyl sites for hydroxylation is 4. The molecule has 0 atom stereocenters. The van der Waals surface area contributed by atoms with Crippen molar-refractivity contribution in [1.29, 1.82) is 0 Å². The molecular weight excluding hydrogens is 440 g/mol. The number of fused-ring (bicyclic) bond motifs is 4. The van der Waals surface area contributed by atoms with Crippen LogP contribution in [0.3, 0.4) is 0 Å². The zero-order valence-corrected chi connectivity index (χ0v) is 20.1. The Hall–Kier alpha value is -4.24. The molecule has 2 aliphatic heterocycles. The first-order chi connectivity index (χ1) is 17.8. The van der Waals surface area contributed by atoms with Gasteiger partial charge in [0, 0.05) is 22.7 Å². The van der Waals surface area contributed by atoms with E-state index in [-0.39, 0.29) is 5.92 Å². The van der Waals surface area contributed by atoms with Crippen molar-refractivity contribution in [2.75, 3.05) is 10.6 Å². The van der Waals surface area contributed by atoms with Gasteiger partial charge >= 0.3 is 0 Å². The molecule has 0 unspecified atom stereocenters. The molecule has 36 heavy (non-hydrogen) atoms. The zero-order chi connectivity index (χ0) is 23.9. The number of rotatable bonds is 3. The third kappa shape index (κ3) is 3.77. The van der Waals surface area contributed by atoms with Gasteiger partial charge < -0.3 is 15.1 Å². The van der Waals surface area contributed by atoms with Crippen LogP contribution in [-0.4, -0.2) is 0 Å². The van der Waals surface area contributed by atoms with E-state index in [4.69, 9.17) is 4.42 Å². The molecule has 0 saturated heterocycles. The smallest absolute Gasteiger partial charge is 0.115 e. The highest BCUT2D eigenvalue weighted by Crippen LogP contribution is 2.39. The Balaban J connectivity index is 1.27. The van der Waals surface area contributed by atoms with Crippen LogP contribution in [-0.2, 0) is 25.7 Å². The van der Waals surface area contributed by atoms with E-state index in [0.29, 0.717) is 0 Å². The van der Waals surface area contributed by atoms with E-state index < -0.39 is 0 Å². The van der Waals surface area contributed by atoms with Gasteiger partial charge in [-0.3, -0.25) is 0 Å². The van der Waals surface area contributed by atoms with E-state index in [2.05, 4.69) is 102 Å². The Labute approximate surface area is 211 Å². The van der Waals surface area contributed by atoms with Crippen LogP contribution in [0, 0.1) is 0 Å². The topological polar surface area (TPSA) is 37.2 Å². The number of furan rings is 1. The molecule has 0 fully saturated rings. The molecule has 2 aliphatic rings. The normalized spacial score (nSPS) is 13.8. The van der Waals surface area contributed by atoms with Crippen LogP contribution in [0.1, 0.15) is 45.1 Å². The molecule has 5 aromatic rings. The van der Waals surface area contributed by atoms with Gasteiger partial charge in [-0.05, 0) is 95.5 Å². The lowest BCUT2D eigenvalue weighted by Gasteiger charge is -2.20. The maximum atomic E-state index is 6.01. The first-order valence-electron chi connectivity index (χ1n) is 12.8. The van der Waals surface area contributed by atoms with E-state index >= 15 is 0 Å². The molecule has 3 heteroatoms. The first kappa shape index (κ1) is 21.1. The number of para-hydroxylation sites is 2. The lowest BCUT2D eigenvalue weighted by Crippen LogP contribution is -2.06. The summed E-state index contributed by atoms with van der Waals surface area (Å²) in [6.07, 6.45) is 5.90. The maximum absolute atomic E-state index is 6.01. The highest BCUT2D eigenvalue weighted by atomic mass is 16.3. The molecule has 1 aromatic heterocycles. The number of anilines is 4. The average Bonchev–Trinajstić information content (AvgIpc) is 3.28. The van der Waals surface area contributed by atoms with E-state index in [1.54, 1.807) is 6.26 Å². The van der Waals surface area contributed by atoms with Crippen LogP contribution in [0.4, 0.5) is 22.7 Å². The van der Waals surface area contributed by atoms with E-state index in [9.17, 15) is 0 Å². The van der Waals surface area contributed by atoms with Gasteiger partial charge in [0.25, 0.3) is 0 Å². The minimum atomic E-state index is 0.0480. The molecule has 0 radical (unpaired) electrons. The summed E-state index contributed by atoms with van der Waals surface area (Å²) in [6.45, 7) is 0. The summed E-state index contributed by atoms with van der Waals surface area (Å²) in [5.74, 6) is 1.02. The Bertz CT molecular complexity index is 1450. The van der Waals surface area contributed by atoms with Crippen molar-refractivity contribution < 1.29 is 4.42 Å². The highest BCUT2D eigenvalue weighted by Gasteiger charge is 2.23. The lowest BCUT2D eigenvalue weighted by atomic mass is 9.86. The third-order valence-electron chi connectivity index (χ3n) is 7.65. The quantitative estimate of drug-likeness (QED) is 0.281. The van der Waals surface area contributed by atoms with Crippen LogP contribution in [0.2, 0.25) is 0 Å². The standard InChI is InChI=1S/C33H28N2O/c1-3-8-28-22(6-1)11-13-24-20-26(15-17-30(24)34-28)33(32-10-5-19-36-32)27-16-18-31-25(21-27)14-12-23-7-2-4-9-29(23)35-31/h1-10,15-21,33-35H,11-14H2. The van der Waals surface area contributed by atoms with Gasteiger partial charge in [0.05, 0.1) is 12.2 Å². The number of nitrogens with one attached hydrogen (secondary N) is 2. The monoisotopic (exact) mass is 468 g/mol. The van der Waals surface area contributed by atoms with Crippen molar-refractivity contribution in [3.8, 4) is 0 Å². The van der Waals surface area contributed by atoms with Crippen molar-refractivity contribution >= 4 is 22.7 Å². The fourth-order valence-electron chi connectivity index (χ4n) is 5.77. The van der Waals surface area contributed by atoms with E-state index in [1.165, 1.54) is 56.1 Å². The second-order valence-corrected chi connectivity index (χ2v) is 9.85. The van der Waals surface area contributed by atoms with Gasteiger partial charge in [-0.2, -0.15) is 0 Å². The van der Waals surface area contributed by atoms with Crippen LogP contribution < -0.4 is 10.6 Å². The Kier molecular flexibility index (Phi) is 5.13. The summed E-state index contributed by atoms with van der Waals surface area (Å²) < 4.78 is 6.01. The molecule has 0 bridgehead atoms. The molecule has 176 valence electrons. The first-order valence-corrected chi connectivity index (χ1v) is 12.8. The third-order valence-corrected chi connectivity index (χ3v) is 7.65. The predicted molar refractivity (Wildman–Crippen MR) is 147 cm³/mol. The number of hydrogen-bond donors (Lipinski definition) is 2. The molecule has 4 aromatic carbocycles. The summed E-state index contributed by atoms with van der Waals surface area (Å²) in [6, 6.07) is 35.1. The average molecular weight is 469 g/mol. The molecule has 3 nitrogen and oxygen atoms in total. The van der Waals surface area contributed by atoms with Crippen LogP contribution in [0.25, 0.3) is 0 Å². The molecule has 0 saturated carbocycles. The summed E-state index contributed by atoms with van der Waals surface area (Å²) in [5, 5.41) is 7.34.